The molecule has 0 saturated carbocycles. The molecule has 1 fully saturated rings. The molecule has 5 rings (SSSR count). The molecule has 0 atom stereocenters. The highest BCUT2D eigenvalue weighted by molar-refractivity contribution is 7.18. The fraction of sp³-hybridized carbons (Fsp3) is 0.409. The molecule has 0 unspecified atom stereocenters. The van der Waals surface area contributed by atoms with Gasteiger partial charge in [-0.2, -0.15) is 0 Å². The largest absolute Gasteiger partial charge is 0.419 e. The zero-order valence-corrected chi connectivity index (χ0v) is 18.4. The van der Waals surface area contributed by atoms with Gasteiger partial charge in [0.25, 0.3) is 5.89 Å². The molecule has 1 aliphatic rings. The van der Waals surface area contributed by atoms with Gasteiger partial charge in [-0.3, -0.25) is 4.90 Å². The van der Waals surface area contributed by atoms with E-state index in [0.717, 1.165) is 49.3 Å². The van der Waals surface area contributed by atoms with E-state index in [1.807, 2.05) is 11.3 Å². The minimum atomic E-state index is 0.559. The number of fused-ring (bicyclic) bond motifs is 1. The first-order valence-electron chi connectivity index (χ1n) is 10.2. The van der Waals surface area contributed by atoms with Crippen LogP contribution >= 0.6 is 22.7 Å². The molecule has 5 nitrogen and oxygen atoms in total. The lowest BCUT2D eigenvalue weighted by atomic mass is 9.97. The minimum Gasteiger partial charge on any atom is -0.419 e. The predicted molar refractivity (Wildman–Crippen MR) is 119 cm³/mol. The summed E-state index contributed by atoms with van der Waals surface area (Å²) in [6.07, 6.45) is 3.30. The molecule has 0 N–H and O–H groups in total. The number of hydrogen-bond donors (Lipinski definition) is 0. The molecule has 1 aliphatic heterocycles. The average Bonchev–Trinajstić information content (AvgIpc) is 3.46. The van der Waals surface area contributed by atoms with Gasteiger partial charge in [0, 0.05) is 10.8 Å². The van der Waals surface area contributed by atoms with Crippen molar-refractivity contribution in [2.24, 2.45) is 0 Å². The third kappa shape index (κ3) is 3.86. The third-order valence-electron chi connectivity index (χ3n) is 5.63. The lowest BCUT2D eigenvalue weighted by Gasteiger charge is -2.29. The number of likely N-dealkylation sites (tertiary alicyclic amines) is 1. The van der Waals surface area contributed by atoms with Crippen molar-refractivity contribution >= 4 is 32.9 Å². The molecule has 0 aliphatic carbocycles. The van der Waals surface area contributed by atoms with Crippen LogP contribution in [0.5, 0.6) is 0 Å². The highest BCUT2D eigenvalue weighted by Crippen LogP contribution is 2.34. The molecule has 1 saturated heterocycles. The maximum atomic E-state index is 5.97. The van der Waals surface area contributed by atoms with Gasteiger partial charge in [0.15, 0.2) is 0 Å². The van der Waals surface area contributed by atoms with E-state index in [2.05, 4.69) is 59.3 Å². The number of thiazole rings is 1. The smallest absolute Gasteiger partial charge is 0.257 e. The number of rotatable bonds is 5. The van der Waals surface area contributed by atoms with E-state index in [4.69, 9.17) is 9.40 Å². The maximum absolute atomic E-state index is 5.97. The molecular formula is C22H24N4OS2. The summed E-state index contributed by atoms with van der Waals surface area (Å²) in [5, 5.41) is 9.86. The van der Waals surface area contributed by atoms with Gasteiger partial charge in [0.05, 0.1) is 26.6 Å². The van der Waals surface area contributed by atoms with Crippen molar-refractivity contribution in [3.8, 4) is 10.8 Å². The number of hydrogen-bond acceptors (Lipinski definition) is 7. The van der Waals surface area contributed by atoms with E-state index < -0.39 is 0 Å². The van der Waals surface area contributed by atoms with Crippen molar-refractivity contribution in [2.45, 2.75) is 45.6 Å². The Kier molecular flexibility index (Phi) is 5.20. The quantitative estimate of drug-likeness (QED) is 0.414. The normalized spacial score (nSPS) is 16.1. The fourth-order valence-corrected chi connectivity index (χ4v) is 6.16. The van der Waals surface area contributed by atoms with Gasteiger partial charge in [-0.1, -0.05) is 19.1 Å². The number of piperidine rings is 1. The summed E-state index contributed by atoms with van der Waals surface area (Å²) < 4.78 is 7.26. The van der Waals surface area contributed by atoms with Gasteiger partial charge < -0.3 is 4.42 Å². The standard InChI is InChI=1S/C22H24N4OS2/c1-3-17-14(2)12-19(28-17)21-25-24-20(27-21)13-26-10-8-15(9-11-26)22-23-16-6-4-5-7-18(16)29-22/h4-7,12,15H,3,8-11,13H2,1-2H3. The summed E-state index contributed by atoms with van der Waals surface area (Å²) >= 11 is 3.60. The monoisotopic (exact) mass is 424 g/mol. The van der Waals surface area contributed by atoms with Gasteiger partial charge in [0.2, 0.25) is 5.89 Å². The molecule has 29 heavy (non-hydrogen) atoms. The summed E-state index contributed by atoms with van der Waals surface area (Å²) in [5.41, 5.74) is 2.44. The topological polar surface area (TPSA) is 55.1 Å². The average molecular weight is 425 g/mol. The van der Waals surface area contributed by atoms with E-state index in [1.165, 1.54) is 20.1 Å². The highest BCUT2D eigenvalue weighted by atomic mass is 32.1. The Morgan fingerprint density at radius 3 is 2.72 bits per heavy atom. The molecule has 1 aromatic carbocycles. The van der Waals surface area contributed by atoms with Crippen LogP contribution in [-0.2, 0) is 13.0 Å². The van der Waals surface area contributed by atoms with E-state index in [0.29, 0.717) is 17.7 Å². The first kappa shape index (κ1) is 18.9. The Hall–Kier alpha value is -2.09. The molecule has 150 valence electrons. The second kappa shape index (κ2) is 7.97. The van der Waals surface area contributed by atoms with Crippen molar-refractivity contribution in [2.75, 3.05) is 13.1 Å². The first-order chi connectivity index (χ1) is 14.2. The van der Waals surface area contributed by atoms with Gasteiger partial charge >= 0.3 is 0 Å². The molecule has 4 heterocycles. The van der Waals surface area contributed by atoms with Gasteiger partial charge in [-0.25, -0.2) is 4.98 Å². The summed E-state index contributed by atoms with van der Waals surface area (Å²) in [6, 6.07) is 10.6. The molecular weight excluding hydrogens is 400 g/mol. The summed E-state index contributed by atoms with van der Waals surface area (Å²) in [4.78, 5) is 9.74. The molecule has 0 spiro atoms. The van der Waals surface area contributed by atoms with E-state index in [-0.39, 0.29) is 0 Å². The molecule has 7 heteroatoms. The Morgan fingerprint density at radius 1 is 1.14 bits per heavy atom. The van der Waals surface area contributed by atoms with Crippen LogP contribution in [0.4, 0.5) is 0 Å². The van der Waals surface area contributed by atoms with Crippen molar-refractivity contribution in [1.29, 1.82) is 0 Å². The number of aryl methyl sites for hydroxylation is 2. The van der Waals surface area contributed by atoms with E-state index >= 15 is 0 Å². The molecule has 0 amide bonds. The van der Waals surface area contributed by atoms with E-state index in [9.17, 15) is 0 Å². The lowest BCUT2D eigenvalue weighted by Crippen LogP contribution is -2.32. The van der Waals surface area contributed by atoms with Crippen LogP contribution in [0.1, 0.15) is 47.0 Å². The second-order valence-corrected chi connectivity index (χ2v) is 9.84. The maximum Gasteiger partial charge on any atom is 0.257 e. The van der Waals surface area contributed by atoms with Crippen LogP contribution in [0.25, 0.3) is 21.0 Å². The molecule has 4 aromatic rings. The SMILES string of the molecule is CCc1sc(-c2nnc(CN3CCC(c4nc5ccccc5s4)CC3)o2)cc1C. The molecule has 3 aromatic heterocycles. The summed E-state index contributed by atoms with van der Waals surface area (Å²) in [7, 11) is 0. The Morgan fingerprint density at radius 2 is 1.97 bits per heavy atom. The Labute approximate surface area is 178 Å². The lowest BCUT2D eigenvalue weighted by molar-refractivity contribution is 0.188. The highest BCUT2D eigenvalue weighted by Gasteiger charge is 2.24. The van der Waals surface area contributed by atoms with Gasteiger partial charge in [-0.05, 0) is 63.0 Å². The predicted octanol–water partition coefficient (Wildman–Crippen LogP) is 5.66. The first-order valence-corrected chi connectivity index (χ1v) is 11.8. The minimum absolute atomic E-state index is 0.559. The van der Waals surface area contributed by atoms with Crippen LogP contribution in [0.3, 0.4) is 0 Å². The number of thiophene rings is 1. The van der Waals surface area contributed by atoms with E-state index in [1.54, 1.807) is 11.3 Å². The third-order valence-corrected chi connectivity index (χ3v) is 8.19. The number of aromatic nitrogens is 3. The Balaban J connectivity index is 1.21. The van der Waals surface area contributed by atoms with Crippen LogP contribution in [-0.4, -0.2) is 33.2 Å². The van der Waals surface area contributed by atoms with Gasteiger partial charge in [0.1, 0.15) is 0 Å². The number of benzene rings is 1. The van der Waals surface area contributed by atoms with Gasteiger partial charge in [-0.15, -0.1) is 32.9 Å². The van der Waals surface area contributed by atoms with Crippen molar-refractivity contribution in [3.63, 3.8) is 0 Å². The van der Waals surface area contributed by atoms with Crippen molar-refractivity contribution in [1.82, 2.24) is 20.1 Å². The van der Waals surface area contributed by atoms with Crippen molar-refractivity contribution in [3.05, 3.63) is 51.7 Å². The summed E-state index contributed by atoms with van der Waals surface area (Å²) in [5.74, 6) is 1.92. The van der Waals surface area contributed by atoms with Crippen LogP contribution < -0.4 is 0 Å². The summed E-state index contributed by atoms with van der Waals surface area (Å²) in [6.45, 7) is 7.13. The fourth-order valence-electron chi connectivity index (χ4n) is 3.99. The Bertz CT molecular complexity index is 1090. The zero-order valence-electron chi connectivity index (χ0n) is 16.7. The zero-order chi connectivity index (χ0) is 19.8. The number of para-hydroxylation sites is 1. The molecule has 0 bridgehead atoms. The van der Waals surface area contributed by atoms with Crippen molar-refractivity contribution < 1.29 is 4.42 Å². The van der Waals surface area contributed by atoms with Crippen LogP contribution in [0.15, 0.2) is 34.7 Å². The van der Waals surface area contributed by atoms with Crippen LogP contribution in [0.2, 0.25) is 0 Å². The second-order valence-electron chi connectivity index (χ2n) is 7.64. The molecule has 0 radical (unpaired) electrons. The number of nitrogens with zero attached hydrogens (tertiary/aromatic N) is 4. The van der Waals surface area contributed by atoms with Crippen LogP contribution in [0, 0.1) is 6.92 Å².